The summed E-state index contributed by atoms with van der Waals surface area (Å²) in [4.78, 5) is 31.9. The van der Waals surface area contributed by atoms with Crippen molar-refractivity contribution in [1.82, 2.24) is 24.8 Å². The maximum absolute atomic E-state index is 13.1. The number of hydrogen-bond donors (Lipinski definition) is 2. The Morgan fingerprint density at radius 1 is 1.18 bits per heavy atom. The molecule has 1 aromatic carbocycles. The standard InChI is InChI=1S/C28H43N7O4/c1-21-16-35(22(2)19-36)27(37)8-7-15-34-17-24(30-31-34)20-39-26(21)18-32(3)28(38)29-23-9-11-25(12-10-23)33-13-5-4-6-14-33/h9-12,17,21-22,26,36H,4-8,13-16,18-20H2,1-3H3,(H,29,38)/t21-,22-,26-/m0/s1. The molecule has 4 rings (SSSR count). The first-order valence-electron chi connectivity index (χ1n) is 14.1. The number of anilines is 2. The van der Waals surface area contributed by atoms with E-state index in [1.807, 2.05) is 32.2 Å². The smallest absolute Gasteiger partial charge is 0.321 e. The maximum atomic E-state index is 13.1. The number of aliphatic hydroxyl groups is 1. The second-order valence-corrected chi connectivity index (χ2v) is 10.9. The molecule has 2 aliphatic rings. The Hall–Kier alpha value is -3.18. The molecule has 11 heteroatoms. The molecule has 1 fully saturated rings. The summed E-state index contributed by atoms with van der Waals surface area (Å²) in [7, 11) is 1.74. The highest BCUT2D eigenvalue weighted by molar-refractivity contribution is 5.89. The summed E-state index contributed by atoms with van der Waals surface area (Å²) in [6, 6.07) is 7.46. The van der Waals surface area contributed by atoms with E-state index in [9.17, 15) is 14.7 Å². The Morgan fingerprint density at radius 2 is 1.92 bits per heavy atom. The summed E-state index contributed by atoms with van der Waals surface area (Å²) in [5, 5.41) is 21.1. The Morgan fingerprint density at radius 3 is 2.64 bits per heavy atom. The first kappa shape index (κ1) is 28.8. The summed E-state index contributed by atoms with van der Waals surface area (Å²) >= 11 is 0. The quantitative estimate of drug-likeness (QED) is 0.578. The first-order chi connectivity index (χ1) is 18.8. The number of rotatable bonds is 6. The number of aryl methyl sites for hydroxylation is 1. The summed E-state index contributed by atoms with van der Waals surface area (Å²) in [5.41, 5.74) is 2.63. The molecular weight excluding hydrogens is 498 g/mol. The number of carbonyl (C=O) groups excluding carboxylic acids is 2. The molecule has 0 spiro atoms. The van der Waals surface area contributed by atoms with E-state index in [-0.39, 0.29) is 43.2 Å². The molecule has 3 atom stereocenters. The van der Waals surface area contributed by atoms with E-state index in [0.717, 1.165) is 18.8 Å². The second-order valence-electron chi connectivity index (χ2n) is 10.9. The van der Waals surface area contributed by atoms with Gasteiger partial charge in [-0.25, -0.2) is 4.79 Å². The van der Waals surface area contributed by atoms with E-state index >= 15 is 0 Å². The first-order valence-corrected chi connectivity index (χ1v) is 14.1. The van der Waals surface area contributed by atoms with Gasteiger partial charge >= 0.3 is 6.03 Å². The number of carbonyl (C=O) groups is 2. The van der Waals surface area contributed by atoms with Crippen LogP contribution in [0.2, 0.25) is 0 Å². The largest absolute Gasteiger partial charge is 0.394 e. The lowest BCUT2D eigenvalue weighted by molar-refractivity contribution is -0.136. The van der Waals surface area contributed by atoms with Crippen molar-refractivity contribution in [3.63, 3.8) is 0 Å². The molecule has 3 heterocycles. The lowest BCUT2D eigenvalue weighted by Crippen LogP contribution is -2.48. The van der Waals surface area contributed by atoms with E-state index in [0.29, 0.717) is 38.2 Å². The summed E-state index contributed by atoms with van der Waals surface area (Å²) in [6.07, 6.45) is 6.18. The number of nitrogens with one attached hydrogen (secondary N) is 1. The van der Waals surface area contributed by atoms with Gasteiger partial charge in [-0.3, -0.25) is 9.48 Å². The van der Waals surface area contributed by atoms with E-state index in [4.69, 9.17) is 4.74 Å². The number of fused-ring (bicyclic) bond motifs is 2. The van der Waals surface area contributed by atoms with Crippen LogP contribution in [0, 0.1) is 5.92 Å². The predicted molar refractivity (Wildman–Crippen MR) is 149 cm³/mol. The third-order valence-corrected chi connectivity index (χ3v) is 7.69. The van der Waals surface area contributed by atoms with Crippen LogP contribution in [0.5, 0.6) is 0 Å². The third kappa shape index (κ3) is 7.92. The van der Waals surface area contributed by atoms with Crippen molar-refractivity contribution in [3.8, 4) is 0 Å². The van der Waals surface area contributed by atoms with Crippen molar-refractivity contribution in [2.45, 2.75) is 71.2 Å². The minimum Gasteiger partial charge on any atom is -0.394 e. The fourth-order valence-electron chi connectivity index (χ4n) is 5.17. The number of piperidine rings is 1. The molecular formula is C28H43N7O4. The van der Waals surface area contributed by atoms with Gasteiger partial charge in [0.15, 0.2) is 0 Å². The van der Waals surface area contributed by atoms with Gasteiger partial charge in [0.25, 0.3) is 0 Å². The fourth-order valence-corrected chi connectivity index (χ4v) is 5.17. The van der Waals surface area contributed by atoms with E-state index in [1.54, 1.807) is 21.5 Å². The fraction of sp³-hybridized carbons (Fsp3) is 0.643. The van der Waals surface area contributed by atoms with Gasteiger partial charge in [-0.05, 0) is 56.9 Å². The number of urea groups is 1. The van der Waals surface area contributed by atoms with E-state index in [1.165, 1.54) is 24.9 Å². The van der Waals surface area contributed by atoms with Crippen molar-refractivity contribution in [2.75, 3.05) is 50.1 Å². The number of ether oxygens (including phenoxy) is 1. The summed E-state index contributed by atoms with van der Waals surface area (Å²) < 4.78 is 7.99. The van der Waals surface area contributed by atoms with Crippen LogP contribution in [0.25, 0.3) is 0 Å². The van der Waals surface area contributed by atoms with Gasteiger partial charge in [-0.2, -0.15) is 0 Å². The molecule has 2 aliphatic heterocycles. The number of nitrogens with zero attached hydrogens (tertiary/aromatic N) is 6. The lowest BCUT2D eigenvalue weighted by atomic mass is 10.0. The molecule has 0 saturated carbocycles. The van der Waals surface area contributed by atoms with Crippen LogP contribution in [0.1, 0.15) is 51.6 Å². The van der Waals surface area contributed by atoms with Crippen molar-refractivity contribution in [2.24, 2.45) is 5.92 Å². The van der Waals surface area contributed by atoms with Crippen LogP contribution < -0.4 is 10.2 Å². The van der Waals surface area contributed by atoms with E-state index < -0.39 is 0 Å². The average Bonchev–Trinajstić information content (AvgIpc) is 3.41. The Kier molecular flexibility index (Phi) is 10.2. The van der Waals surface area contributed by atoms with Crippen LogP contribution >= 0.6 is 0 Å². The normalized spacial score (nSPS) is 21.9. The molecule has 1 saturated heterocycles. The topological polar surface area (TPSA) is 116 Å². The molecule has 2 bridgehead atoms. The van der Waals surface area contributed by atoms with Crippen LogP contribution in [-0.2, 0) is 22.7 Å². The number of amides is 3. The Bertz CT molecular complexity index is 1070. The Balaban J connectivity index is 1.42. The summed E-state index contributed by atoms with van der Waals surface area (Å²) in [5.74, 6) is -0.112. The minimum absolute atomic E-state index is 0.0131. The van der Waals surface area contributed by atoms with E-state index in [2.05, 4.69) is 32.7 Å². The van der Waals surface area contributed by atoms with Gasteiger partial charge in [0.1, 0.15) is 5.69 Å². The average molecular weight is 542 g/mol. The van der Waals surface area contributed by atoms with Crippen LogP contribution in [0.4, 0.5) is 16.2 Å². The predicted octanol–water partition coefficient (Wildman–Crippen LogP) is 2.96. The molecule has 39 heavy (non-hydrogen) atoms. The molecule has 214 valence electrons. The minimum atomic E-state index is -0.366. The highest BCUT2D eigenvalue weighted by Crippen LogP contribution is 2.22. The molecule has 1 aromatic heterocycles. The van der Waals surface area contributed by atoms with Crippen molar-refractivity contribution >= 4 is 23.3 Å². The molecule has 2 aromatic rings. The van der Waals surface area contributed by atoms with Gasteiger partial charge in [-0.1, -0.05) is 12.1 Å². The van der Waals surface area contributed by atoms with Gasteiger partial charge in [-0.15, -0.1) is 5.10 Å². The zero-order chi connectivity index (χ0) is 27.8. The van der Waals surface area contributed by atoms with Gasteiger partial charge < -0.3 is 29.9 Å². The number of aliphatic hydroxyl groups excluding tert-OH is 1. The molecule has 0 radical (unpaired) electrons. The van der Waals surface area contributed by atoms with Crippen LogP contribution in [0.3, 0.4) is 0 Å². The van der Waals surface area contributed by atoms with Crippen molar-refractivity contribution in [3.05, 3.63) is 36.2 Å². The van der Waals surface area contributed by atoms with Crippen LogP contribution in [0.15, 0.2) is 30.5 Å². The number of hydrogen-bond acceptors (Lipinski definition) is 7. The monoisotopic (exact) mass is 541 g/mol. The number of benzene rings is 1. The molecule has 3 amide bonds. The van der Waals surface area contributed by atoms with Gasteiger partial charge in [0, 0.05) is 63.5 Å². The highest BCUT2D eigenvalue weighted by atomic mass is 16.5. The Labute approximate surface area is 231 Å². The van der Waals surface area contributed by atoms with Crippen molar-refractivity contribution < 1.29 is 19.4 Å². The number of likely N-dealkylation sites (N-methyl/N-ethyl adjacent to an activating group) is 1. The van der Waals surface area contributed by atoms with Crippen LogP contribution in [-0.4, -0.2) is 93.8 Å². The second kappa shape index (κ2) is 13.7. The zero-order valence-corrected chi connectivity index (χ0v) is 23.5. The van der Waals surface area contributed by atoms with Crippen molar-refractivity contribution in [1.29, 1.82) is 0 Å². The summed E-state index contributed by atoms with van der Waals surface area (Å²) in [6.45, 7) is 7.47. The zero-order valence-electron chi connectivity index (χ0n) is 23.5. The molecule has 11 nitrogen and oxygen atoms in total. The molecule has 2 N–H and O–H groups in total. The maximum Gasteiger partial charge on any atom is 0.321 e. The molecule has 0 aliphatic carbocycles. The lowest BCUT2D eigenvalue weighted by Gasteiger charge is -2.35. The highest BCUT2D eigenvalue weighted by Gasteiger charge is 2.29. The van der Waals surface area contributed by atoms with Gasteiger partial charge in [0.2, 0.25) is 5.91 Å². The number of aromatic nitrogens is 3. The van der Waals surface area contributed by atoms with Gasteiger partial charge in [0.05, 0.1) is 31.6 Å². The molecule has 0 unspecified atom stereocenters. The SMILES string of the molecule is C[C@H]1CN([C@@H](C)CO)C(=O)CCCn2cc(nn2)CO[C@H]1CN(C)C(=O)Nc1ccc(N2CCCCC2)cc1. The third-order valence-electron chi connectivity index (χ3n) is 7.69.